The van der Waals surface area contributed by atoms with Gasteiger partial charge in [-0.1, -0.05) is 18.7 Å². The van der Waals surface area contributed by atoms with Crippen LogP contribution in [0.25, 0.3) is 0 Å². The molecule has 0 aliphatic heterocycles. The summed E-state index contributed by atoms with van der Waals surface area (Å²) in [7, 11) is 1.23. The highest BCUT2D eigenvalue weighted by atomic mass is 16.6. The van der Waals surface area contributed by atoms with Crippen molar-refractivity contribution in [2.75, 3.05) is 7.11 Å². The fourth-order valence-corrected chi connectivity index (χ4v) is 1.29. The highest BCUT2D eigenvalue weighted by Gasteiger charge is 2.41. The zero-order chi connectivity index (χ0) is 13.5. The average molecular weight is 238 g/mol. The molecular weight excluding hydrogens is 220 g/mol. The molecule has 0 amide bonds. The number of carbonyl (C=O) groups excluding carboxylic acids is 2. The van der Waals surface area contributed by atoms with Gasteiger partial charge in [-0.25, -0.2) is 9.59 Å². The molecule has 0 aliphatic carbocycles. The van der Waals surface area contributed by atoms with Crippen molar-refractivity contribution in [2.24, 2.45) is 0 Å². The number of esters is 2. The molecule has 0 aromatic rings. The molecule has 0 atom stereocenters. The number of hydrogen-bond acceptors (Lipinski definition) is 4. The van der Waals surface area contributed by atoms with Crippen LogP contribution in [0.15, 0.2) is 37.5 Å². The van der Waals surface area contributed by atoms with E-state index in [0.717, 1.165) is 0 Å². The van der Waals surface area contributed by atoms with E-state index in [1.807, 2.05) is 0 Å². The molecule has 0 aliphatic rings. The first-order chi connectivity index (χ1) is 7.93. The summed E-state index contributed by atoms with van der Waals surface area (Å²) in [6.07, 6.45) is 3.30. The minimum absolute atomic E-state index is 0.157. The van der Waals surface area contributed by atoms with Gasteiger partial charge in [0.2, 0.25) is 5.60 Å². The zero-order valence-electron chi connectivity index (χ0n) is 10.3. The van der Waals surface area contributed by atoms with E-state index in [0.29, 0.717) is 0 Å². The molecule has 0 fully saturated rings. The molecule has 0 radical (unpaired) electrons. The molecule has 0 unspecified atom stereocenters. The lowest BCUT2D eigenvalue weighted by Gasteiger charge is -2.28. The van der Waals surface area contributed by atoms with Gasteiger partial charge in [-0.15, -0.1) is 13.2 Å². The second-order valence-corrected chi connectivity index (χ2v) is 3.64. The van der Waals surface area contributed by atoms with Crippen molar-refractivity contribution in [3.05, 3.63) is 37.5 Å². The Kier molecular flexibility index (Phi) is 5.96. The summed E-state index contributed by atoms with van der Waals surface area (Å²) in [6.45, 7) is 12.1. The molecule has 0 aromatic heterocycles. The van der Waals surface area contributed by atoms with Gasteiger partial charge in [0.1, 0.15) is 0 Å². The molecule has 0 saturated heterocycles. The van der Waals surface area contributed by atoms with Crippen molar-refractivity contribution >= 4 is 11.9 Å². The highest BCUT2D eigenvalue weighted by Crippen LogP contribution is 2.25. The van der Waals surface area contributed by atoms with Gasteiger partial charge >= 0.3 is 11.9 Å². The van der Waals surface area contributed by atoms with Crippen molar-refractivity contribution < 1.29 is 19.1 Å². The van der Waals surface area contributed by atoms with Gasteiger partial charge in [0, 0.05) is 18.4 Å². The van der Waals surface area contributed by atoms with Crippen LogP contribution in [0.5, 0.6) is 0 Å². The molecule has 0 aromatic carbocycles. The molecule has 0 heterocycles. The fraction of sp³-hybridized carbons (Fsp3) is 0.385. The lowest BCUT2D eigenvalue weighted by atomic mass is 9.95. The number of rotatable bonds is 7. The van der Waals surface area contributed by atoms with Crippen molar-refractivity contribution in [1.82, 2.24) is 0 Å². The number of carbonyl (C=O) groups is 2. The molecule has 0 N–H and O–H groups in total. The minimum Gasteiger partial charge on any atom is -0.466 e. The first kappa shape index (κ1) is 15.2. The van der Waals surface area contributed by atoms with Gasteiger partial charge < -0.3 is 9.47 Å². The molecular formula is C13H18O4. The molecule has 17 heavy (non-hydrogen) atoms. The first-order valence-corrected chi connectivity index (χ1v) is 5.12. The zero-order valence-corrected chi connectivity index (χ0v) is 10.3. The van der Waals surface area contributed by atoms with Crippen molar-refractivity contribution in [2.45, 2.75) is 25.4 Å². The maximum absolute atomic E-state index is 11.7. The molecule has 94 valence electrons. The first-order valence-electron chi connectivity index (χ1n) is 5.12. The van der Waals surface area contributed by atoms with Crippen LogP contribution in [0, 0.1) is 0 Å². The SMILES string of the molecule is C=CCC(CC=C)(OC(=O)C(=C)C)C(=O)OC. The summed E-state index contributed by atoms with van der Waals surface area (Å²) in [5, 5.41) is 0. The van der Waals surface area contributed by atoms with Crippen LogP contribution in [0.2, 0.25) is 0 Å². The Hall–Kier alpha value is -1.84. The van der Waals surface area contributed by atoms with Gasteiger partial charge in [-0.2, -0.15) is 0 Å². The summed E-state index contributed by atoms with van der Waals surface area (Å²) < 4.78 is 9.84. The number of methoxy groups -OCH3 is 1. The van der Waals surface area contributed by atoms with Crippen LogP contribution in [0.1, 0.15) is 19.8 Å². The fourth-order valence-electron chi connectivity index (χ4n) is 1.29. The third-order valence-electron chi connectivity index (χ3n) is 2.14. The Morgan fingerprint density at radius 1 is 1.24 bits per heavy atom. The van der Waals surface area contributed by atoms with Crippen molar-refractivity contribution in [1.29, 1.82) is 0 Å². The Balaban J connectivity index is 5.22. The van der Waals surface area contributed by atoms with Crippen LogP contribution >= 0.6 is 0 Å². The van der Waals surface area contributed by atoms with E-state index in [1.165, 1.54) is 26.2 Å². The summed E-state index contributed by atoms with van der Waals surface area (Å²) in [5.41, 5.74) is -1.18. The van der Waals surface area contributed by atoms with Gasteiger partial charge in [-0.3, -0.25) is 0 Å². The molecule has 0 saturated carbocycles. The Morgan fingerprint density at radius 3 is 2.00 bits per heavy atom. The number of ether oxygens (including phenoxy) is 2. The predicted octanol–water partition coefficient (Wildman–Crippen LogP) is 2.17. The van der Waals surface area contributed by atoms with Crippen molar-refractivity contribution in [3.8, 4) is 0 Å². The Bertz CT molecular complexity index is 331. The standard InChI is InChI=1S/C13H18O4/c1-6-8-13(9-7-2,12(15)16-5)17-11(14)10(3)4/h6-7H,1-3,8-9H2,4-5H3. The Labute approximate surface area is 102 Å². The summed E-state index contributed by atoms with van der Waals surface area (Å²) in [5.74, 6) is -1.27. The van der Waals surface area contributed by atoms with E-state index in [2.05, 4.69) is 24.5 Å². The van der Waals surface area contributed by atoms with Gasteiger partial charge in [0.15, 0.2) is 0 Å². The predicted molar refractivity (Wildman–Crippen MR) is 65.3 cm³/mol. The molecule has 0 spiro atoms. The monoisotopic (exact) mass is 238 g/mol. The second-order valence-electron chi connectivity index (χ2n) is 3.64. The minimum atomic E-state index is -1.39. The third kappa shape index (κ3) is 3.90. The van der Waals surface area contributed by atoms with Crippen LogP contribution in [-0.2, 0) is 19.1 Å². The summed E-state index contributed by atoms with van der Waals surface area (Å²) in [6, 6.07) is 0. The van der Waals surface area contributed by atoms with E-state index in [4.69, 9.17) is 4.74 Å². The van der Waals surface area contributed by atoms with E-state index in [-0.39, 0.29) is 18.4 Å². The van der Waals surface area contributed by atoms with E-state index in [1.54, 1.807) is 0 Å². The molecule has 0 rings (SSSR count). The summed E-state index contributed by atoms with van der Waals surface area (Å²) in [4.78, 5) is 23.3. The quantitative estimate of drug-likeness (QED) is 0.387. The maximum Gasteiger partial charge on any atom is 0.351 e. The average Bonchev–Trinajstić information content (AvgIpc) is 2.28. The lowest BCUT2D eigenvalue weighted by Crippen LogP contribution is -2.43. The van der Waals surface area contributed by atoms with E-state index < -0.39 is 17.5 Å². The second kappa shape index (κ2) is 6.68. The topological polar surface area (TPSA) is 52.6 Å². The van der Waals surface area contributed by atoms with Crippen molar-refractivity contribution in [3.63, 3.8) is 0 Å². The van der Waals surface area contributed by atoms with Gasteiger partial charge in [0.25, 0.3) is 0 Å². The third-order valence-corrected chi connectivity index (χ3v) is 2.14. The van der Waals surface area contributed by atoms with E-state index in [9.17, 15) is 9.59 Å². The van der Waals surface area contributed by atoms with Crippen LogP contribution in [0.3, 0.4) is 0 Å². The number of hydrogen-bond donors (Lipinski definition) is 0. The molecule has 0 bridgehead atoms. The normalized spacial score (nSPS) is 10.2. The smallest absolute Gasteiger partial charge is 0.351 e. The van der Waals surface area contributed by atoms with Gasteiger partial charge in [0.05, 0.1) is 7.11 Å². The van der Waals surface area contributed by atoms with Crippen LogP contribution < -0.4 is 0 Å². The van der Waals surface area contributed by atoms with Crippen LogP contribution in [-0.4, -0.2) is 24.6 Å². The van der Waals surface area contributed by atoms with Gasteiger partial charge in [-0.05, 0) is 6.92 Å². The van der Waals surface area contributed by atoms with E-state index >= 15 is 0 Å². The maximum atomic E-state index is 11.7. The highest BCUT2D eigenvalue weighted by molar-refractivity contribution is 5.91. The molecule has 4 heteroatoms. The lowest BCUT2D eigenvalue weighted by molar-refractivity contribution is -0.177. The Morgan fingerprint density at radius 2 is 1.71 bits per heavy atom. The largest absolute Gasteiger partial charge is 0.466 e. The summed E-state index contributed by atoms with van der Waals surface area (Å²) >= 11 is 0. The molecule has 4 nitrogen and oxygen atoms in total. The van der Waals surface area contributed by atoms with Crippen LogP contribution in [0.4, 0.5) is 0 Å².